The first-order valence-corrected chi connectivity index (χ1v) is 12.7. The number of pyridine rings is 1. The lowest BCUT2D eigenvalue weighted by Gasteiger charge is -2.28. The minimum Gasteiger partial charge on any atom is -0.455 e. The van der Waals surface area contributed by atoms with Gasteiger partial charge in [-0.2, -0.15) is 0 Å². The summed E-state index contributed by atoms with van der Waals surface area (Å²) in [5, 5.41) is 10.8. The van der Waals surface area contributed by atoms with Crippen LogP contribution in [0.4, 0.5) is 0 Å². The van der Waals surface area contributed by atoms with Crippen molar-refractivity contribution in [2.24, 2.45) is 5.92 Å². The Bertz CT molecular complexity index is 969. The standard InChI is InChI=1S/C29H37NO5/c1-19-14-20(2)16-25(31)29-27(35-29)18-26(21(3)17-22-8-4-5-13-30-22)34-28(32)12-7-10-23-9-6-11-24(15-19)33-23/h4-9,12-13,17,19,23-27,29,31H,2,10-11,14-16,18H2,1,3H3/b12-7-,21-17+/t19-,23-,24-,25-,26-,27-,29-/m0/s1. The van der Waals surface area contributed by atoms with Crippen LogP contribution in [-0.2, 0) is 19.0 Å². The van der Waals surface area contributed by atoms with Crippen LogP contribution in [0.15, 0.2) is 66.4 Å². The van der Waals surface area contributed by atoms with Crippen molar-refractivity contribution in [1.82, 2.24) is 4.98 Å². The highest BCUT2D eigenvalue weighted by Gasteiger charge is 2.46. The van der Waals surface area contributed by atoms with E-state index in [0.717, 1.165) is 36.1 Å². The van der Waals surface area contributed by atoms with Crippen LogP contribution in [0.2, 0.25) is 0 Å². The molecular formula is C29H37NO5. The lowest BCUT2D eigenvalue weighted by Crippen LogP contribution is -2.26. The molecule has 4 rings (SSSR count). The van der Waals surface area contributed by atoms with Gasteiger partial charge in [-0.3, -0.25) is 4.98 Å². The van der Waals surface area contributed by atoms with Crippen molar-refractivity contribution in [1.29, 1.82) is 0 Å². The molecule has 7 atom stereocenters. The second-order valence-corrected chi connectivity index (χ2v) is 10.1. The van der Waals surface area contributed by atoms with Gasteiger partial charge in [0.1, 0.15) is 12.2 Å². The van der Waals surface area contributed by atoms with E-state index in [4.69, 9.17) is 14.2 Å². The maximum atomic E-state index is 12.7. The van der Waals surface area contributed by atoms with Gasteiger partial charge < -0.3 is 19.3 Å². The largest absolute Gasteiger partial charge is 0.455 e. The van der Waals surface area contributed by atoms with Crippen molar-refractivity contribution in [3.05, 3.63) is 72.1 Å². The zero-order valence-corrected chi connectivity index (χ0v) is 20.7. The number of carbonyl (C=O) groups is 1. The first-order valence-electron chi connectivity index (χ1n) is 12.7. The second-order valence-electron chi connectivity index (χ2n) is 10.1. The number of ether oxygens (including phenoxy) is 3. The molecule has 35 heavy (non-hydrogen) atoms. The van der Waals surface area contributed by atoms with Crippen LogP contribution in [-0.4, -0.2) is 52.7 Å². The van der Waals surface area contributed by atoms with Crippen molar-refractivity contribution in [2.45, 2.75) is 89.0 Å². The van der Waals surface area contributed by atoms with Crippen LogP contribution in [0.25, 0.3) is 6.08 Å². The third kappa shape index (κ3) is 7.72. The van der Waals surface area contributed by atoms with E-state index in [9.17, 15) is 9.90 Å². The van der Waals surface area contributed by atoms with Gasteiger partial charge in [0.05, 0.1) is 30.1 Å². The van der Waals surface area contributed by atoms with Crippen LogP contribution in [0.5, 0.6) is 0 Å². The number of fused-ring (bicyclic) bond motifs is 3. The van der Waals surface area contributed by atoms with Crippen molar-refractivity contribution in [2.75, 3.05) is 0 Å². The number of nitrogens with zero attached hydrogens (tertiary/aromatic N) is 1. The highest BCUT2D eigenvalue weighted by atomic mass is 16.6. The Morgan fingerprint density at radius 2 is 2.03 bits per heavy atom. The van der Waals surface area contributed by atoms with Gasteiger partial charge >= 0.3 is 5.97 Å². The van der Waals surface area contributed by atoms with E-state index < -0.39 is 18.2 Å². The summed E-state index contributed by atoms with van der Waals surface area (Å²) < 4.78 is 17.9. The zero-order valence-electron chi connectivity index (χ0n) is 20.7. The van der Waals surface area contributed by atoms with E-state index in [2.05, 4.69) is 30.6 Å². The Morgan fingerprint density at radius 1 is 1.17 bits per heavy atom. The Labute approximate surface area is 208 Å². The van der Waals surface area contributed by atoms with Crippen LogP contribution < -0.4 is 0 Å². The highest BCUT2D eigenvalue weighted by Crippen LogP contribution is 2.35. The molecule has 3 aliphatic heterocycles. The number of hydrogen-bond donors (Lipinski definition) is 1. The molecule has 6 nitrogen and oxygen atoms in total. The van der Waals surface area contributed by atoms with Gasteiger partial charge in [-0.25, -0.2) is 4.79 Å². The lowest BCUT2D eigenvalue weighted by molar-refractivity contribution is -0.141. The molecule has 188 valence electrons. The molecule has 6 heteroatoms. The molecule has 1 N–H and O–H groups in total. The van der Waals surface area contributed by atoms with Gasteiger partial charge in [0.25, 0.3) is 0 Å². The normalized spacial score (nSPS) is 35.9. The summed E-state index contributed by atoms with van der Waals surface area (Å²) in [6.45, 7) is 8.35. The van der Waals surface area contributed by atoms with E-state index in [0.29, 0.717) is 25.2 Å². The Kier molecular flexibility index (Phi) is 8.71. The van der Waals surface area contributed by atoms with Gasteiger partial charge in [0.15, 0.2) is 0 Å². The van der Waals surface area contributed by atoms with Crippen molar-refractivity contribution < 1.29 is 24.1 Å². The SMILES string of the molecule is C=C1C[C@H](C)C[C@@H]2CC=C[C@@H](C/C=C\C(=O)O[C@H](/C(C)=C/c3ccccn3)C[C@@H]3O[C@H]3[C@@H](O)C1)O2. The van der Waals surface area contributed by atoms with Crippen LogP contribution in [0.1, 0.15) is 58.1 Å². The fourth-order valence-corrected chi connectivity index (χ4v) is 5.02. The average Bonchev–Trinajstić information content (AvgIpc) is 3.58. The molecule has 1 aromatic heterocycles. The number of aliphatic hydroxyl groups is 1. The van der Waals surface area contributed by atoms with Crippen molar-refractivity contribution >= 4 is 12.0 Å². The summed E-state index contributed by atoms with van der Waals surface area (Å²) >= 11 is 0. The van der Waals surface area contributed by atoms with E-state index in [-0.39, 0.29) is 24.4 Å². The number of carbonyl (C=O) groups excluding carboxylic acids is 1. The first-order chi connectivity index (χ1) is 16.9. The smallest absolute Gasteiger partial charge is 0.331 e. The number of aromatic nitrogens is 1. The fraction of sp³-hybridized carbons (Fsp3) is 0.517. The van der Waals surface area contributed by atoms with E-state index in [1.54, 1.807) is 6.20 Å². The summed E-state index contributed by atoms with van der Waals surface area (Å²) in [4.78, 5) is 17.0. The molecule has 2 bridgehead atoms. The summed E-state index contributed by atoms with van der Waals surface area (Å²) in [6.07, 6.45) is 14.1. The second kappa shape index (κ2) is 11.9. The van der Waals surface area contributed by atoms with Gasteiger partial charge in [-0.15, -0.1) is 0 Å². The van der Waals surface area contributed by atoms with Gasteiger partial charge in [-0.05, 0) is 68.7 Å². The van der Waals surface area contributed by atoms with Crippen LogP contribution in [0.3, 0.4) is 0 Å². The molecule has 0 aliphatic carbocycles. The average molecular weight is 480 g/mol. The van der Waals surface area contributed by atoms with E-state index in [1.165, 1.54) is 6.08 Å². The third-order valence-electron chi connectivity index (χ3n) is 6.82. The number of epoxide rings is 1. The molecule has 0 aromatic carbocycles. The van der Waals surface area contributed by atoms with E-state index >= 15 is 0 Å². The Hall–Kier alpha value is -2.54. The molecule has 0 radical (unpaired) electrons. The molecule has 1 fully saturated rings. The zero-order chi connectivity index (χ0) is 24.8. The molecule has 3 aliphatic rings. The molecule has 0 amide bonds. The predicted octanol–water partition coefficient (Wildman–Crippen LogP) is 4.95. The number of aliphatic hydroxyl groups excluding tert-OH is 1. The molecule has 0 saturated carbocycles. The summed E-state index contributed by atoms with van der Waals surface area (Å²) in [7, 11) is 0. The molecule has 1 aromatic rings. The molecule has 0 spiro atoms. The Morgan fingerprint density at radius 3 is 2.83 bits per heavy atom. The van der Waals surface area contributed by atoms with Gasteiger partial charge in [0.2, 0.25) is 0 Å². The lowest BCUT2D eigenvalue weighted by atomic mass is 9.91. The minimum atomic E-state index is -0.617. The maximum Gasteiger partial charge on any atom is 0.331 e. The monoisotopic (exact) mass is 479 g/mol. The topological polar surface area (TPSA) is 81.2 Å². The number of hydrogen-bond acceptors (Lipinski definition) is 6. The van der Waals surface area contributed by atoms with E-state index in [1.807, 2.05) is 37.3 Å². The summed E-state index contributed by atoms with van der Waals surface area (Å²) in [6, 6.07) is 5.69. The highest BCUT2D eigenvalue weighted by molar-refractivity contribution is 5.82. The first kappa shape index (κ1) is 25.5. The van der Waals surface area contributed by atoms with Crippen LogP contribution in [0, 0.1) is 5.92 Å². The summed E-state index contributed by atoms with van der Waals surface area (Å²) in [5.41, 5.74) is 2.70. The number of rotatable bonds is 2. The van der Waals surface area contributed by atoms with Crippen molar-refractivity contribution in [3.63, 3.8) is 0 Å². The van der Waals surface area contributed by atoms with Crippen LogP contribution >= 0.6 is 0 Å². The number of esters is 1. The quantitative estimate of drug-likeness (QED) is 0.367. The Balaban J connectivity index is 1.50. The minimum absolute atomic E-state index is 0.0453. The predicted molar refractivity (Wildman–Crippen MR) is 135 cm³/mol. The molecule has 4 heterocycles. The maximum absolute atomic E-state index is 12.7. The fourth-order valence-electron chi connectivity index (χ4n) is 5.02. The van der Waals surface area contributed by atoms with Gasteiger partial charge in [-0.1, -0.05) is 43.4 Å². The molecule has 1 saturated heterocycles. The molecular weight excluding hydrogens is 442 g/mol. The third-order valence-corrected chi connectivity index (χ3v) is 6.82. The number of cyclic esters (lactones) is 1. The van der Waals surface area contributed by atoms with Crippen molar-refractivity contribution in [3.8, 4) is 0 Å². The van der Waals surface area contributed by atoms with Gasteiger partial charge in [0, 0.05) is 18.7 Å². The summed E-state index contributed by atoms with van der Waals surface area (Å²) in [5.74, 6) is 0.0110. The molecule has 0 unspecified atom stereocenters.